The van der Waals surface area contributed by atoms with Crippen molar-refractivity contribution in [1.82, 2.24) is 5.32 Å². The molecule has 1 aliphatic rings. The minimum Gasteiger partial charge on any atom is -0.463 e. The molecular formula is C18H33N3O2+2. The second-order valence-corrected chi connectivity index (χ2v) is 7.15. The molecule has 1 amide bonds. The van der Waals surface area contributed by atoms with Gasteiger partial charge in [0.1, 0.15) is 6.54 Å². The summed E-state index contributed by atoms with van der Waals surface area (Å²) >= 11 is 0. The molecular weight excluding hydrogens is 290 g/mol. The van der Waals surface area contributed by atoms with Gasteiger partial charge in [-0.2, -0.15) is 0 Å². The number of quaternary nitrogens is 2. The van der Waals surface area contributed by atoms with E-state index in [-0.39, 0.29) is 18.0 Å². The van der Waals surface area contributed by atoms with Crippen molar-refractivity contribution < 1.29 is 19.4 Å². The second-order valence-electron chi connectivity index (χ2n) is 7.15. The summed E-state index contributed by atoms with van der Waals surface area (Å²) in [4.78, 5) is 13.6. The molecule has 2 rings (SSSR count). The molecule has 0 bridgehead atoms. The Balaban J connectivity index is 1.74. The van der Waals surface area contributed by atoms with Crippen LogP contribution in [-0.2, 0) is 4.79 Å². The van der Waals surface area contributed by atoms with Gasteiger partial charge >= 0.3 is 0 Å². The monoisotopic (exact) mass is 323 g/mol. The number of likely N-dealkylation sites (N-methyl/N-ethyl adjacent to an activating group) is 1. The largest absolute Gasteiger partial charge is 0.463 e. The molecule has 0 saturated heterocycles. The van der Waals surface area contributed by atoms with Crippen molar-refractivity contribution in [2.24, 2.45) is 5.92 Å². The molecule has 1 heterocycles. The first-order chi connectivity index (χ1) is 11.1. The molecule has 1 aliphatic carbocycles. The van der Waals surface area contributed by atoms with Gasteiger partial charge in [0.15, 0.2) is 17.8 Å². The minimum atomic E-state index is -0.0598. The van der Waals surface area contributed by atoms with E-state index in [1.165, 1.54) is 37.0 Å². The van der Waals surface area contributed by atoms with Crippen LogP contribution in [0.2, 0.25) is 0 Å². The Hall–Kier alpha value is -1.33. The van der Waals surface area contributed by atoms with Gasteiger partial charge in [-0.25, -0.2) is 0 Å². The SMILES string of the molecule is C[C@H]([NH2+]C[C@@H](c1ccco1)[NH+](C)C)C(=O)NCC1CCCCC1. The number of hydrogen-bond donors (Lipinski definition) is 3. The molecule has 0 spiro atoms. The van der Waals surface area contributed by atoms with Crippen LogP contribution in [0.25, 0.3) is 0 Å². The zero-order valence-electron chi connectivity index (χ0n) is 14.8. The number of furan rings is 1. The summed E-state index contributed by atoms with van der Waals surface area (Å²) in [6, 6.07) is 4.14. The zero-order valence-corrected chi connectivity index (χ0v) is 14.8. The van der Waals surface area contributed by atoms with E-state index in [0.29, 0.717) is 5.92 Å². The van der Waals surface area contributed by atoms with Crippen molar-refractivity contribution in [3.8, 4) is 0 Å². The smallest absolute Gasteiger partial charge is 0.277 e. The van der Waals surface area contributed by atoms with Gasteiger partial charge in [-0.1, -0.05) is 19.3 Å². The fourth-order valence-corrected chi connectivity index (χ4v) is 3.37. The molecule has 0 aliphatic heterocycles. The predicted octanol–water partition coefficient (Wildman–Crippen LogP) is 0.114. The van der Waals surface area contributed by atoms with Gasteiger partial charge in [0, 0.05) is 6.54 Å². The summed E-state index contributed by atoms with van der Waals surface area (Å²) < 4.78 is 5.54. The molecule has 1 fully saturated rings. The van der Waals surface area contributed by atoms with Crippen LogP contribution in [0.5, 0.6) is 0 Å². The van der Waals surface area contributed by atoms with Crippen LogP contribution in [-0.4, -0.2) is 39.1 Å². The molecule has 0 unspecified atom stereocenters. The van der Waals surface area contributed by atoms with E-state index in [2.05, 4.69) is 24.7 Å². The van der Waals surface area contributed by atoms with E-state index < -0.39 is 0 Å². The van der Waals surface area contributed by atoms with Crippen LogP contribution in [0.15, 0.2) is 22.8 Å². The highest BCUT2D eigenvalue weighted by Crippen LogP contribution is 2.22. The lowest BCUT2D eigenvalue weighted by molar-refractivity contribution is -0.911. The van der Waals surface area contributed by atoms with Gasteiger partial charge < -0.3 is 20.0 Å². The number of amides is 1. The molecule has 23 heavy (non-hydrogen) atoms. The maximum atomic E-state index is 12.3. The number of hydrogen-bond acceptors (Lipinski definition) is 2. The highest BCUT2D eigenvalue weighted by molar-refractivity contribution is 5.79. The summed E-state index contributed by atoms with van der Waals surface area (Å²) in [7, 11) is 4.24. The van der Waals surface area contributed by atoms with Crippen LogP contribution in [0, 0.1) is 5.92 Å². The van der Waals surface area contributed by atoms with E-state index in [1.54, 1.807) is 6.26 Å². The Labute approximate surface area is 139 Å². The van der Waals surface area contributed by atoms with E-state index in [4.69, 9.17) is 4.42 Å². The average Bonchev–Trinajstić information content (AvgIpc) is 3.07. The summed E-state index contributed by atoms with van der Waals surface area (Å²) in [5.41, 5.74) is 0. The van der Waals surface area contributed by atoms with Crippen molar-refractivity contribution in [2.75, 3.05) is 27.2 Å². The van der Waals surface area contributed by atoms with Crippen LogP contribution in [0.1, 0.15) is 50.8 Å². The van der Waals surface area contributed by atoms with Crippen LogP contribution >= 0.6 is 0 Å². The lowest BCUT2D eigenvalue weighted by Gasteiger charge is -2.23. The number of carbonyl (C=O) groups is 1. The van der Waals surface area contributed by atoms with Crippen molar-refractivity contribution in [3.63, 3.8) is 0 Å². The fraction of sp³-hybridized carbons (Fsp3) is 0.722. The number of nitrogens with two attached hydrogens (primary N) is 1. The summed E-state index contributed by atoms with van der Waals surface area (Å²) in [6.45, 7) is 3.67. The highest BCUT2D eigenvalue weighted by atomic mass is 16.3. The molecule has 0 aromatic carbocycles. The molecule has 130 valence electrons. The molecule has 5 nitrogen and oxygen atoms in total. The Kier molecular flexibility index (Phi) is 7.12. The molecule has 1 aromatic heterocycles. The summed E-state index contributed by atoms with van der Waals surface area (Å²) in [6.07, 6.45) is 8.24. The topological polar surface area (TPSA) is 63.3 Å². The minimum absolute atomic E-state index is 0.0598. The lowest BCUT2D eigenvalue weighted by atomic mass is 9.89. The Morgan fingerprint density at radius 1 is 1.39 bits per heavy atom. The molecule has 4 N–H and O–H groups in total. The van der Waals surface area contributed by atoms with Gasteiger partial charge in [-0.05, 0) is 37.8 Å². The summed E-state index contributed by atoms with van der Waals surface area (Å²) in [5.74, 6) is 1.82. The predicted molar refractivity (Wildman–Crippen MR) is 90.1 cm³/mol. The third kappa shape index (κ3) is 5.66. The maximum absolute atomic E-state index is 12.3. The number of nitrogens with one attached hydrogen (secondary N) is 2. The first-order valence-electron chi connectivity index (χ1n) is 9.02. The zero-order chi connectivity index (χ0) is 16.7. The standard InChI is InChI=1S/C18H31N3O2/c1-14(18(22)20-12-15-8-5-4-6-9-15)19-13-16(21(2)3)17-10-7-11-23-17/h7,10-11,14-16,19H,4-6,8-9,12-13H2,1-3H3,(H,20,22)/p+2/t14-,16-/m0/s1. The maximum Gasteiger partial charge on any atom is 0.277 e. The summed E-state index contributed by atoms with van der Waals surface area (Å²) in [5, 5.41) is 5.26. The molecule has 1 aromatic rings. The van der Waals surface area contributed by atoms with Gasteiger partial charge in [0.2, 0.25) is 0 Å². The molecule has 1 saturated carbocycles. The molecule has 0 radical (unpaired) electrons. The van der Waals surface area contributed by atoms with E-state index in [9.17, 15) is 4.79 Å². The number of carbonyl (C=O) groups excluding carboxylic acids is 1. The van der Waals surface area contributed by atoms with E-state index in [1.807, 2.05) is 19.1 Å². The Bertz CT molecular complexity index is 453. The third-order valence-corrected chi connectivity index (χ3v) is 5.01. The van der Waals surface area contributed by atoms with E-state index in [0.717, 1.165) is 18.8 Å². The van der Waals surface area contributed by atoms with Crippen molar-refractivity contribution >= 4 is 5.91 Å². The van der Waals surface area contributed by atoms with Crippen LogP contribution in [0.3, 0.4) is 0 Å². The number of rotatable bonds is 8. The van der Waals surface area contributed by atoms with E-state index >= 15 is 0 Å². The van der Waals surface area contributed by atoms with Gasteiger partial charge in [0.05, 0.1) is 20.4 Å². The lowest BCUT2D eigenvalue weighted by Crippen LogP contribution is -3.10. The Morgan fingerprint density at radius 2 is 2.13 bits per heavy atom. The van der Waals surface area contributed by atoms with Crippen molar-refractivity contribution in [3.05, 3.63) is 24.2 Å². The first-order valence-corrected chi connectivity index (χ1v) is 9.02. The normalized spacial score (nSPS) is 18.8. The third-order valence-electron chi connectivity index (χ3n) is 5.01. The van der Waals surface area contributed by atoms with Crippen LogP contribution in [0.4, 0.5) is 0 Å². The highest BCUT2D eigenvalue weighted by Gasteiger charge is 2.26. The first kappa shape index (κ1) is 18.0. The molecule has 2 atom stereocenters. The van der Waals surface area contributed by atoms with Crippen LogP contribution < -0.4 is 15.5 Å². The quantitative estimate of drug-likeness (QED) is 0.636. The van der Waals surface area contributed by atoms with Gasteiger partial charge in [-0.15, -0.1) is 0 Å². The average molecular weight is 323 g/mol. The van der Waals surface area contributed by atoms with Crippen molar-refractivity contribution in [1.29, 1.82) is 0 Å². The Morgan fingerprint density at radius 3 is 2.74 bits per heavy atom. The van der Waals surface area contributed by atoms with Gasteiger partial charge in [-0.3, -0.25) is 4.79 Å². The second kappa shape index (κ2) is 9.08. The van der Waals surface area contributed by atoms with Crippen molar-refractivity contribution in [2.45, 2.75) is 51.1 Å². The fourth-order valence-electron chi connectivity index (χ4n) is 3.37. The molecule has 5 heteroatoms. The van der Waals surface area contributed by atoms with Gasteiger partial charge in [0.25, 0.3) is 5.91 Å².